The highest BCUT2D eigenvalue weighted by Gasteiger charge is 2.38. The molecular weight excluding hydrogens is 815 g/mol. The molecule has 1 saturated heterocycles. The van der Waals surface area contributed by atoms with E-state index in [9.17, 15) is 23.7 Å². The molecule has 330 valence electrons. The van der Waals surface area contributed by atoms with Crippen LogP contribution in [-0.2, 0) is 26.1 Å². The third-order valence-corrected chi connectivity index (χ3v) is 13.9. The van der Waals surface area contributed by atoms with Crippen molar-refractivity contribution in [2.75, 3.05) is 32.6 Å². The molecule has 2 atom stereocenters. The Hall–Kier alpha value is -6.08. The number of anilines is 1. The van der Waals surface area contributed by atoms with Crippen LogP contribution in [0.5, 0.6) is 11.5 Å². The average Bonchev–Trinajstić information content (AvgIpc) is 3.92. The fraction of sp³-hybridized carbons (Fsp3) is 0.380. The van der Waals surface area contributed by atoms with Gasteiger partial charge in [-0.3, -0.25) is 23.6 Å². The summed E-state index contributed by atoms with van der Waals surface area (Å²) in [7, 11) is 1.91. The molecule has 2 aliphatic rings. The number of hydrogen-bond donors (Lipinski definition) is 3. The molecule has 8 rings (SSSR count). The number of piperidine rings is 1. The summed E-state index contributed by atoms with van der Waals surface area (Å²) >= 11 is 0. The highest BCUT2D eigenvalue weighted by molar-refractivity contribution is 7.84. The number of ether oxygens (including phenoxy) is 2. The lowest BCUT2D eigenvalue weighted by Crippen LogP contribution is -2.42. The minimum absolute atomic E-state index is 0.00743. The second-order valence-corrected chi connectivity index (χ2v) is 18.4. The van der Waals surface area contributed by atoms with E-state index in [1.807, 2.05) is 105 Å². The number of benzene rings is 4. The summed E-state index contributed by atoms with van der Waals surface area (Å²) in [6.45, 7) is 9.23. The maximum atomic E-state index is 13.7. The number of aromatic nitrogens is 3. The molecule has 1 aliphatic heterocycles. The molecule has 3 heterocycles. The first-order valence-electron chi connectivity index (χ1n) is 21.6. The van der Waals surface area contributed by atoms with Crippen molar-refractivity contribution in [3.63, 3.8) is 0 Å². The van der Waals surface area contributed by atoms with Crippen LogP contribution in [0.15, 0.2) is 84.1 Å². The number of fused-ring (bicyclic) bond motifs is 2. The third kappa shape index (κ3) is 10.3. The Labute approximate surface area is 371 Å². The smallest absolute Gasteiger partial charge is 0.303 e. The molecule has 4 aromatic carbocycles. The van der Waals surface area contributed by atoms with Crippen LogP contribution in [0.3, 0.4) is 0 Å². The number of nitrogens with one attached hydrogen (secondary N) is 2. The van der Waals surface area contributed by atoms with Gasteiger partial charge in [-0.1, -0.05) is 61.4 Å². The molecule has 0 bridgehead atoms. The van der Waals surface area contributed by atoms with Crippen molar-refractivity contribution in [1.29, 1.82) is 0 Å². The number of carbonyl (C=O) groups excluding carboxylic acids is 2. The molecule has 0 radical (unpaired) electrons. The molecule has 2 aromatic heterocycles. The lowest BCUT2D eigenvalue weighted by molar-refractivity contribution is -0.137. The van der Waals surface area contributed by atoms with E-state index in [4.69, 9.17) is 9.47 Å². The van der Waals surface area contributed by atoms with Gasteiger partial charge in [0.05, 0.1) is 65.2 Å². The number of hydrogen-bond acceptors (Lipinski definition) is 8. The number of aryl methyl sites for hydroxylation is 3. The Kier molecular flexibility index (Phi) is 13.9. The topological polar surface area (TPSA) is 164 Å². The van der Waals surface area contributed by atoms with Crippen LogP contribution in [0.2, 0.25) is 0 Å². The monoisotopic (exact) mass is 871 g/mol. The van der Waals surface area contributed by atoms with Crippen LogP contribution >= 0.6 is 0 Å². The molecule has 1 unspecified atom stereocenters. The standard InChI is InChI=1S/C33H38N2O4.C17H19N3O3S/c1-22-18-23(2)31(28(19-22)32(39)35-16-14-33(15-17-35)12-5-6-13-33)34-29(36)20-25(21-30(37)38)27-11-7-9-24-8-3-4-10-26(24)27;1-10-8-18-15(11(2)16(10)23-4)9-24(21)17-19-13-6-5-12(22-3)7-14(13)20-17/h3-4,7-11,18-19,25H,5-6,12-17,20-21H2,1-2H3,(H,34,36)(H,37,38);5-8H,9H2,1-4H3,(H,19,20)/t25-;/m0./s1. The second kappa shape index (κ2) is 19.5. The Morgan fingerprint density at radius 3 is 2.33 bits per heavy atom. The molecule has 3 N–H and O–H groups in total. The van der Waals surface area contributed by atoms with Gasteiger partial charge in [-0.25, -0.2) is 4.98 Å². The summed E-state index contributed by atoms with van der Waals surface area (Å²) in [5.74, 6) is 0.00581. The molecule has 13 heteroatoms. The first-order valence-corrected chi connectivity index (χ1v) is 22.9. The zero-order valence-corrected chi connectivity index (χ0v) is 37.8. The number of imidazole rings is 1. The maximum Gasteiger partial charge on any atom is 0.303 e. The second-order valence-electron chi connectivity index (χ2n) is 17.1. The molecule has 1 spiro atoms. The summed E-state index contributed by atoms with van der Waals surface area (Å²) in [6.07, 6.45) is 8.82. The van der Waals surface area contributed by atoms with E-state index < -0.39 is 22.7 Å². The molecule has 12 nitrogen and oxygen atoms in total. The number of carboxylic acids is 1. The van der Waals surface area contributed by atoms with Crippen LogP contribution in [0.4, 0.5) is 5.69 Å². The molecule has 1 saturated carbocycles. The van der Waals surface area contributed by atoms with E-state index >= 15 is 0 Å². The number of amides is 2. The minimum Gasteiger partial charge on any atom is -0.497 e. The fourth-order valence-electron chi connectivity index (χ4n) is 9.41. The van der Waals surface area contributed by atoms with Crippen molar-refractivity contribution < 1.29 is 33.2 Å². The molecule has 63 heavy (non-hydrogen) atoms. The van der Waals surface area contributed by atoms with Crippen LogP contribution in [0, 0.1) is 33.1 Å². The predicted molar refractivity (Wildman–Crippen MR) is 247 cm³/mol. The number of H-pyrrole nitrogens is 1. The van der Waals surface area contributed by atoms with Crippen molar-refractivity contribution in [2.45, 2.75) is 95.9 Å². The minimum atomic E-state index is -1.33. The molecule has 6 aromatic rings. The summed E-state index contributed by atoms with van der Waals surface area (Å²) in [6, 6.07) is 22.9. The van der Waals surface area contributed by atoms with Gasteiger partial charge in [0.25, 0.3) is 5.91 Å². The summed E-state index contributed by atoms with van der Waals surface area (Å²) in [5.41, 5.74) is 8.26. The highest BCUT2D eigenvalue weighted by atomic mass is 32.2. The quantitative estimate of drug-likeness (QED) is 0.109. The third-order valence-electron chi connectivity index (χ3n) is 12.8. The van der Waals surface area contributed by atoms with Crippen molar-refractivity contribution in [3.05, 3.63) is 118 Å². The van der Waals surface area contributed by atoms with Crippen molar-refractivity contribution in [1.82, 2.24) is 19.9 Å². The first-order chi connectivity index (χ1) is 30.3. The van der Waals surface area contributed by atoms with Crippen molar-refractivity contribution >= 4 is 56.1 Å². The Balaban J connectivity index is 0.000000212. The van der Waals surface area contributed by atoms with E-state index in [-0.39, 0.29) is 30.4 Å². The van der Waals surface area contributed by atoms with Crippen LogP contribution in [0.25, 0.3) is 21.8 Å². The zero-order valence-electron chi connectivity index (χ0n) is 37.0. The lowest BCUT2D eigenvalue weighted by atomic mass is 9.77. The van der Waals surface area contributed by atoms with Crippen molar-refractivity contribution in [3.8, 4) is 11.5 Å². The van der Waals surface area contributed by atoms with Gasteiger partial charge in [0.15, 0.2) is 5.16 Å². The van der Waals surface area contributed by atoms with Gasteiger partial charge in [0.1, 0.15) is 11.5 Å². The number of carbonyl (C=O) groups is 3. The van der Waals surface area contributed by atoms with Crippen molar-refractivity contribution in [2.24, 2.45) is 5.41 Å². The van der Waals surface area contributed by atoms with Crippen LogP contribution in [-0.4, -0.2) is 74.3 Å². The number of nitrogens with zero attached hydrogens (tertiary/aromatic N) is 3. The van der Waals surface area contributed by atoms with E-state index in [0.717, 1.165) is 92.7 Å². The molecular formula is C50H57N5O7S. The molecule has 2 amide bonds. The van der Waals surface area contributed by atoms with Gasteiger partial charge in [-0.15, -0.1) is 0 Å². The molecule has 2 fully saturated rings. The summed E-state index contributed by atoms with van der Waals surface area (Å²) in [5, 5.41) is 15.1. The molecule has 1 aliphatic carbocycles. The van der Waals surface area contributed by atoms with Gasteiger partial charge < -0.3 is 29.8 Å². The SMILES string of the molecule is COc1ccc2nc(S(=O)Cc3ncc(C)c(OC)c3C)[nH]c2c1.Cc1cc(C)c(NC(=O)C[C@@H](CC(=O)O)c2cccc3ccccc23)c(C(=O)N2CCC3(CCCC3)CC2)c1. The average molecular weight is 872 g/mol. The largest absolute Gasteiger partial charge is 0.497 e. The van der Waals surface area contributed by atoms with Gasteiger partial charge in [-0.05, 0) is 104 Å². The number of pyridine rings is 1. The van der Waals surface area contributed by atoms with Gasteiger partial charge in [-0.2, -0.15) is 0 Å². The highest BCUT2D eigenvalue weighted by Crippen LogP contribution is 2.46. The fourth-order valence-corrected chi connectivity index (χ4v) is 10.5. The van der Waals surface area contributed by atoms with Gasteiger partial charge >= 0.3 is 5.97 Å². The Morgan fingerprint density at radius 2 is 1.62 bits per heavy atom. The normalized spacial score (nSPS) is 15.4. The van der Waals surface area contributed by atoms with Crippen LogP contribution in [0.1, 0.15) is 101 Å². The maximum absolute atomic E-state index is 13.7. The number of carboxylic acid groups (broad SMARTS) is 1. The Morgan fingerprint density at radius 1 is 0.889 bits per heavy atom. The summed E-state index contributed by atoms with van der Waals surface area (Å²) in [4.78, 5) is 52.8. The number of likely N-dealkylation sites (tertiary alicyclic amines) is 1. The first kappa shape index (κ1) is 45.0. The van der Waals surface area contributed by atoms with Gasteiger partial charge in [0.2, 0.25) is 5.91 Å². The summed E-state index contributed by atoms with van der Waals surface area (Å²) < 4.78 is 23.3. The van der Waals surface area contributed by atoms with E-state index in [1.165, 1.54) is 25.7 Å². The lowest BCUT2D eigenvalue weighted by Gasteiger charge is -2.39. The number of rotatable bonds is 12. The predicted octanol–water partition coefficient (Wildman–Crippen LogP) is 9.74. The van der Waals surface area contributed by atoms with E-state index in [2.05, 4.69) is 20.3 Å². The number of methoxy groups -OCH3 is 2. The number of aliphatic carboxylic acids is 1. The Bertz CT molecular complexity index is 2670. The van der Waals surface area contributed by atoms with E-state index in [0.29, 0.717) is 21.8 Å². The number of aromatic amines is 1. The zero-order chi connectivity index (χ0) is 44.8. The van der Waals surface area contributed by atoms with Gasteiger partial charge in [0, 0.05) is 48.8 Å². The van der Waals surface area contributed by atoms with Crippen LogP contribution < -0.4 is 14.8 Å². The van der Waals surface area contributed by atoms with E-state index in [1.54, 1.807) is 20.4 Å².